The van der Waals surface area contributed by atoms with Crippen molar-refractivity contribution in [2.24, 2.45) is 5.92 Å². The predicted molar refractivity (Wildman–Crippen MR) is 93.2 cm³/mol. The maximum absolute atomic E-state index is 13.5. The number of halogens is 1. The van der Waals surface area contributed by atoms with Crippen LogP contribution in [0.3, 0.4) is 0 Å². The van der Waals surface area contributed by atoms with Gasteiger partial charge in [-0.1, -0.05) is 38.3 Å². The van der Waals surface area contributed by atoms with E-state index in [4.69, 9.17) is 0 Å². The van der Waals surface area contributed by atoms with E-state index in [0.29, 0.717) is 29.3 Å². The summed E-state index contributed by atoms with van der Waals surface area (Å²) < 4.78 is 13.5. The number of H-pyrrole nitrogens is 1. The molecule has 0 saturated heterocycles. The van der Waals surface area contributed by atoms with Gasteiger partial charge in [-0.25, -0.2) is 4.39 Å². The van der Waals surface area contributed by atoms with Crippen molar-refractivity contribution < 1.29 is 9.18 Å². The number of amides is 1. The highest BCUT2D eigenvalue weighted by molar-refractivity contribution is 5.95. The van der Waals surface area contributed by atoms with E-state index in [-0.39, 0.29) is 11.7 Å². The molecular formula is C19H24FN3O. The summed E-state index contributed by atoms with van der Waals surface area (Å²) in [6.45, 7) is 2.08. The molecule has 0 unspecified atom stereocenters. The third-order valence-electron chi connectivity index (χ3n) is 4.65. The van der Waals surface area contributed by atoms with Gasteiger partial charge in [-0.3, -0.25) is 9.89 Å². The lowest BCUT2D eigenvalue weighted by atomic mass is 10.0. The molecule has 5 heteroatoms. The largest absolute Gasteiger partial charge is 0.323 e. The highest BCUT2D eigenvalue weighted by Gasteiger charge is 2.21. The zero-order valence-corrected chi connectivity index (χ0v) is 14.1. The number of carbonyl (C=O) groups excluding carboxylic acids is 1. The molecule has 1 aliphatic rings. The van der Waals surface area contributed by atoms with Crippen molar-refractivity contribution in [3.8, 4) is 11.3 Å². The molecule has 128 valence electrons. The third kappa shape index (κ3) is 3.83. The Hall–Kier alpha value is -2.17. The molecule has 3 rings (SSSR count). The van der Waals surface area contributed by atoms with Gasteiger partial charge in [0.1, 0.15) is 11.5 Å². The van der Waals surface area contributed by atoms with E-state index in [1.807, 2.05) is 6.07 Å². The van der Waals surface area contributed by atoms with Crippen LogP contribution in [0.25, 0.3) is 11.3 Å². The van der Waals surface area contributed by atoms with Crippen LogP contribution in [-0.2, 0) is 11.2 Å². The number of aromatic nitrogens is 2. The number of aryl methyl sites for hydroxylation is 1. The molecule has 4 nitrogen and oxygen atoms in total. The molecular weight excluding hydrogens is 305 g/mol. The van der Waals surface area contributed by atoms with Gasteiger partial charge in [0, 0.05) is 12.0 Å². The van der Waals surface area contributed by atoms with Crippen LogP contribution in [0.2, 0.25) is 0 Å². The average Bonchev–Trinajstić information content (AvgIpc) is 3.18. The van der Waals surface area contributed by atoms with E-state index in [1.165, 1.54) is 25.0 Å². The summed E-state index contributed by atoms with van der Waals surface area (Å²) in [5.74, 6) is 0.207. The number of anilines is 1. The highest BCUT2D eigenvalue weighted by Crippen LogP contribution is 2.32. The standard InChI is InChI=1S/C19H24FN3O/c1-2-6-16-19(21-17(24)11-13-7-3-4-8-13)18(23-22-16)14-9-5-10-15(20)12-14/h5,9-10,12-13H,2-4,6-8,11H2,1H3,(H,21,24)(H,22,23). The van der Waals surface area contributed by atoms with Crippen molar-refractivity contribution in [2.75, 3.05) is 5.32 Å². The molecule has 1 saturated carbocycles. The highest BCUT2D eigenvalue weighted by atomic mass is 19.1. The van der Waals surface area contributed by atoms with E-state index in [1.54, 1.807) is 6.07 Å². The number of benzene rings is 1. The summed E-state index contributed by atoms with van der Waals surface area (Å²) in [5, 5.41) is 10.4. The zero-order chi connectivity index (χ0) is 16.9. The minimum atomic E-state index is -0.309. The molecule has 0 bridgehead atoms. The fourth-order valence-corrected chi connectivity index (χ4v) is 3.46. The van der Waals surface area contributed by atoms with Crippen LogP contribution in [0.4, 0.5) is 10.1 Å². The minimum Gasteiger partial charge on any atom is -0.323 e. The molecule has 1 aliphatic carbocycles. The number of nitrogens with zero attached hydrogens (tertiary/aromatic N) is 1. The molecule has 1 amide bonds. The van der Waals surface area contributed by atoms with E-state index < -0.39 is 0 Å². The number of nitrogens with one attached hydrogen (secondary N) is 2. The lowest BCUT2D eigenvalue weighted by molar-refractivity contribution is -0.117. The maximum atomic E-state index is 13.5. The second kappa shape index (κ2) is 7.60. The molecule has 1 aromatic heterocycles. The lowest BCUT2D eigenvalue weighted by Crippen LogP contribution is -2.16. The van der Waals surface area contributed by atoms with Crippen LogP contribution in [0.5, 0.6) is 0 Å². The summed E-state index contributed by atoms with van der Waals surface area (Å²) in [4.78, 5) is 12.4. The molecule has 0 atom stereocenters. The smallest absolute Gasteiger partial charge is 0.224 e. The number of rotatable bonds is 6. The SMILES string of the molecule is CCCc1[nH]nc(-c2cccc(F)c2)c1NC(=O)CC1CCCC1. The molecule has 2 aromatic rings. The Kier molecular flexibility index (Phi) is 5.28. The number of hydrogen-bond acceptors (Lipinski definition) is 2. The summed E-state index contributed by atoms with van der Waals surface area (Å²) in [5.41, 5.74) is 2.88. The Morgan fingerprint density at radius 3 is 2.88 bits per heavy atom. The molecule has 0 aliphatic heterocycles. The van der Waals surface area contributed by atoms with Crippen LogP contribution in [-0.4, -0.2) is 16.1 Å². The molecule has 24 heavy (non-hydrogen) atoms. The quantitative estimate of drug-likeness (QED) is 0.808. The second-order valence-corrected chi connectivity index (χ2v) is 6.59. The molecule has 0 spiro atoms. The van der Waals surface area contributed by atoms with E-state index in [2.05, 4.69) is 22.4 Å². The van der Waals surface area contributed by atoms with Gasteiger partial charge in [0.25, 0.3) is 0 Å². The van der Waals surface area contributed by atoms with Gasteiger partial charge in [-0.2, -0.15) is 5.10 Å². The molecule has 1 aromatic carbocycles. The second-order valence-electron chi connectivity index (χ2n) is 6.59. The Labute approximate surface area is 141 Å². The summed E-state index contributed by atoms with van der Waals surface area (Å²) >= 11 is 0. The fourth-order valence-electron chi connectivity index (χ4n) is 3.46. The van der Waals surface area contributed by atoms with Gasteiger partial charge in [0.05, 0.1) is 11.4 Å². The normalized spacial score (nSPS) is 14.9. The van der Waals surface area contributed by atoms with Gasteiger partial charge in [0.15, 0.2) is 0 Å². The first-order valence-electron chi connectivity index (χ1n) is 8.80. The molecule has 2 N–H and O–H groups in total. The number of hydrogen-bond donors (Lipinski definition) is 2. The van der Waals surface area contributed by atoms with Crippen molar-refractivity contribution in [3.05, 3.63) is 35.8 Å². The molecule has 1 fully saturated rings. The number of aromatic amines is 1. The van der Waals surface area contributed by atoms with Gasteiger partial charge < -0.3 is 5.32 Å². The van der Waals surface area contributed by atoms with Crippen molar-refractivity contribution in [1.29, 1.82) is 0 Å². The zero-order valence-electron chi connectivity index (χ0n) is 14.1. The summed E-state index contributed by atoms with van der Waals surface area (Å²) in [6.07, 6.45) is 7.00. The van der Waals surface area contributed by atoms with Crippen LogP contribution >= 0.6 is 0 Å². The van der Waals surface area contributed by atoms with Crippen molar-refractivity contribution in [2.45, 2.75) is 51.9 Å². The summed E-state index contributed by atoms with van der Waals surface area (Å²) in [6, 6.07) is 6.31. The molecule has 1 heterocycles. The van der Waals surface area contributed by atoms with E-state index in [9.17, 15) is 9.18 Å². The lowest BCUT2D eigenvalue weighted by Gasteiger charge is -2.11. The maximum Gasteiger partial charge on any atom is 0.224 e. The van der Waals surface area contributed by atoms with Gasteiger partial charge in [0.2, 0.25) is 5.91 Å². The van der Waals surface area contributed by atoms with Crippen LogP contribution in [0, 0.1) is 11.7 Å². The van der Waals surface area contributed by atoms with Crippen molar-refractivity contribution >= 4 is 11.6 Å². The first-order chi connectivity index (χ1) is 11.7. The summed E-state index contributed by atoms with van der Waals surface area (Å²) in [7, 11) is 0. The van der Waals surface area contributed by atoms with Crippen LogP contribution < -0.4 is 5.32 Å². The third-order valence-corrected chi connectivity index (χ3v) is 4.65. The Balaban J connectivity index is 1.83. The minimum absolute atomic E-state index is 0.0262. The average molecular weight is 329 g/mol. The Bertz CT molecular complexity index is 704. The fraction of sp³-hybridized carbons (Fsp3) is 0.474. The van der Waals surface area contributed by atoms with Gasteiger partial charge in [-0.05, 0) is 37.3 Å². The first kappa shape index (κ1) is 16.7. The topological polar surface area (TPSA) is 57.8 Å². The Morgan fingerprint density at radius 1 is 1.38 bits per heavy atom. The molecule has 0 radical (unpaired) electrons. The van der Waals surface area contributed by atoms with Gasteiger partial charge >= 0.3 is 0 Å². The van der Waals surface area contributed by atoms with E-state index in [0.717, 1.165) is 31.4 Å². The van der Waals surface area contributed by atoms with E-state index >= 15 is 0 Å². The number of carbonyl (C=O) groups is 1. The van der Waals surface area contributed by atoms with Gasteiger partial charge in [-0.15, -0.1) is 0 Å². The Morgan fingerprint density at radius 2 is 2.17 bits per heavy atom. The predicted octanol–water partition coefficient (Wildman–Crippen LogP) is 4.69. The van der Waals surface area contributed by atoms with Crippen LogP contribution in [0.1, 0.15) is 51.1 Å². The van der Waals surface area contributed by atoms with Crippen molar-refractivity contribution in [3.63, 3.8) is 0 Å². The monoisotopic (exact) mass is 329 g/mol. The first-order valence-corrected chi connectivity index (χ1v) is 8.80. The van der Waals surface area contributed by atoms with Crippen molar-refractivity contribution in [1.82, 2.24) is 10.2 Å². The van der Waals surface area contributed by atoms with Crippen LogP contribution in [0.15, 0.2) is 24.3 Å².